The van der Waals surface area contributed by atoms with E-state index in [1.165, 1.54) is 16.4 Å². The maximum atomic E-state index is 13.1. The molecule has 0 aliphatic carbocycles. The molecule has 28 heavy (non-hydrogen) atoms. The van der Waals surface area contributed by atoms with Gasteiger partial charge in [-0.1, -0.05) is 13.8 Å². The van der Waals surface area contributed by atoms with Crippen molar-refractivity contribution in [3.8, 4) is 0 Å². The zero-order valence-electron chi connectivity index (χ0n) is 16.9. The maximum absolute atomic E-state index is 13.1. The molecule has 156 valence electrons. The fourth-order valence-corrected chi connectivity index (χ4v) is 5.94. The van der Waals surface area contributed by atoms with Gasteiger partial charge in [0.05, 0.1) is 31.1 Å². The van der Waals surface area contributed by atoms with Gasteiger partial charge >= 0.3 is 0 Å². The van der Waals surface area contributed by atoms with Gasteiger partial charge in [-0.05, 0) is 49.4 Å². The zero-order chi connectivity index (χ0) is 20.5. The van der Waals surface area contributed by atoms with Crippen molar-refractivity contribution >= 4 is 15.9 Å². The lowest BCUT2D eigenvalue weighted by Gasteiger charge is -2.39. The number of hydrogen-bond donors (Lipinski definition) is 1. The van der Waals surface area contributed by atoms with Crippen LogP contribution in [0.3, 0.4) is 0 Å². The molecule has 3 atom stereocenters. The molecular formula is C20H31FN3O3S+. The Morgan fingerprint density at radius 1 is 1.11 bits per heavy atom. The number of benzene rings is 1. The topological polar surface area (TPSA) is 62.1 Å². The fourth-order valence-electron chi connectivity index (χ4n) is 4.49. The van der Waals surface area contributed by atoms with E-state index in [9.17, 15) is 17.6 Å². The van der Waals surface area contributed by atoms with Crippen LogP contribution >= 0.6 is 0 Å². The first-order valence-corrected chi connectivity index (χ1v) is 11.5. The van der Waals surface area contributed by atoms with Crippen molar-refractivity contribution in [2.45, 2.75) is 38.1 Å². The van der Waals surface area contributed by atoms with E-state index in [-0.39, 0.29) is 16.8 Å². The first-order chi connectivity index (χ1) is 13.2. The minimum absolute atomic E-state index is 0.109. The standard InChI is InChI=1S/C20H30FN3O3S/c1-15-12-16(2)14-23(13-15)20(25)17(3)22-8-10-24(11-9-22)28(26,27)19-6-4-18(21)5-7-19/h4-7,15-17H,8-14H2,1-3H3/p+1/t15-,16+,17-/m1/s1. The van der Waals surface area contributed by atoms with E-state index in [1.54, 1.807) is 0 Å². The van der Waals surface area contributed by atoms with Gasteiger partial charge in [0.1, 0.15) is 5.82 Å². The van der Waals surface area contributed by atoms with Crippen LogP contribution in [0.15, 0.2) is 29.2 Å². The Morgan fingerprint density at radius 2 is 1.64 bits per heavy atom. The van der Waals surface area contributed by atoms with Gasteiger partial charge in [0.15, 0.2) is 6.04 Å². The van der Waals surface area contributed by atoms with E-state index in [2.05, 4.69) is 13.8 Å². The van der Waals surface area contributed by atoms with Gasteiger partial charge in [-0.15, -0.1) is 0 Å². The summed E-state index contributed by atoms with van der Waals surface area (Å²) in [6.07, 6.45) is 1.16. The van der Waals surface area contributed by atoms with Gasteiger partial charge in [0, 0.05) is 13.1 Å². The minimum atomic E-state index is -3.63. The zero-order valence-corrected chi connectivity index (χ0v) is 17.7. The predicted molar refractivity (Wildman–Crippen MR) is 105 cm³/mol. The van der Waals surface area contributed by atoms with Crippen molar-refractivity contribution in [3.63, 3.8) is 0 Å². The van der Waals surface area contributed by atoms with E-state index < -0.39 is 15.8 Å². The Labute approximate surface area is 167 Å². The van der Waals surface area contributed by atoms with Crippen LogP contribution in [0.1, 0.15) is 27.2 Å². The highest BCUT2D eigenvalue weighted by Gasteiger charge is 2.37. The molecule has 1 aromatic carbocycles. The summed E-state index contributed by atoms with van der Waals surface area (Å²) in [6, 6.07) is 4.75. The number of hydrogen-bond acceptors (Lipinski definition) is 3. The summed E-state index contributed by atoms with van der Waals surface area (Å²) in [7, 11) is -3.63. The van der Waals surface area contributed by atoms with E-state index in [0.717, 1.165) is 36.5 Å². The fraction of sp³-hybridized carbons (Fsp3) is 0.650. The number of likely N-dealkylation sites (tertiary alicyclic amines) is 1. The molecular weight excluding hydrogens is 381 g/mol. The lowest BCUT2D eigenvalue weighted by Crippen LogP contribution is -3.19. The lowest BCUT2D eigenvalue weighted by atomic mass is 9.91. The van der Waals surface area contributed by atoms with E-state index >= 15 is 0 Å². The molecule has 0 aromatic heterocycles. The number of nitrogens with zero attached hydrogens (tertiary/aromatic N) is 2. The summed E-state index contributed by atoms with van der Waals surface area (Å²) in [4.78, 5) is 16.2. The third-order valence-corrected chi connectivity index (χ3v) is 7.89. The smallest absolute Gasteiger partial charge is 0.280 e. The Kier molecular flexibility index (Phi) is 6.41. The molecule has 1 amide bonds. The van der Waals surface area contributed by atoms with Crippen molar-refractivity contribution in [2.75, 3.05) is 39.3 Å². The highest BCUT2D eigenvalue weighted by Crippen LogP contribution is 2.21. The van der Waals surface area contributed by atoms with Gasteiger partial charge in [0.2, 0.25) is 10.0 Å². The summed E-state index contributed by atoms with van der Waals surface area (Å²) >= 11 is 0. The minimum Gasteiger partial charge on any atom is -0.337 e. The van der Waals surface area contributed by atoms with Crippen molar-refractivity contribution in [1.82, 2.24) is 9.21 Å². The van der Waals surface area contributed by atoms with E-state index in [0.29, 0.717) is 38.0 Å². The summed E-state index contributed by atoms with van der Waals surface area (Å²) < 4.78 is 40.0. The van der Waals surface area contributed by atoms with Crippen molar-refractivity contribution < 1.29 is 22.5 Å². The van der Waals surface area contributed by atoms with Crippen LogP contribution in [-0.4, -0.2) is 68.8 Å². The normalized spacial score (nSPS) is 26.2. The molecule has 2 heterocycles. The second-order valence-corrected chi connectivity index (χ2v) is 10.4. The quantitative estimate of drug-likeness (QED) is 0.788. The lowest BCUT2D eigenvalue weighted by molar-refractivity contribution is -0.918. The third kappa shape index (κ3) is 4.55. The number of carbonyl (C=O) groups excluding carboxylic acids is 1. The number of carbonyl (C=O) groups is 1. The second-order valence-electron chi connectivity index (χ2n) is 8.43. The van der Waals surface area contributed by atoms with Gasteiger partial charge in [0.25, 0.3) is 5.91 Å². The first kappa shape index (κ1) is 21.2. The number of halogens is 1. The maximum Gasteiger partial charge on any atom is 0.280 e. The molecule has 0 bridgehead atoms. The number of quaternary nitrogens is 1. The van der Waals surface area contributed by atoms with Crippen molar-refractivity contribution in [3.05, 3.63) is 30.1 Å². The van der Waals surface area contributed by atoms with Crippen LogP contribution in [0.2, 0.25) is 0 Å². The molecule has 1 N–H and O–H groups in total. The van der Waals surface area contributed by atoms with E-state index in [4.69, 9.17) is 0 Å². The molecule has 8 heteroatoms. The summed E-state index contributed by atoms with van der Waals surface area (Å²) in [5, 5.41) is 0. The Hall–Kier alpha value is -1.51. The molecule has 0 unspecified atom stereocenters. The number of piperazine rings is 1. The van der Waals surface area contributed by atoms with Gasteiger partial charge in [-0.25, -0.2) is 12.8 Å². The molecule has 1 aromatic rings. The molecule has 0 saturated carbocycles. The number of rotatable bonds is 4. The first-order valence-electron chi connectivity index (χ1n) is 10.1. The molecule has 0 radical (unpaired) electrons. The van der Waals surface area contributed by atoms with Crippen LogP contribution in [0, 0.1) is 17.7 Å². The number of nitrogens with one attached hydrogen (secondary N) is 1. The number of piperidine rings is 1. The summed E-state index contributed by atoms with van der Waals surface area (Å²) in [6.45, 7) is 9.85. The van der Waals surface area contributed by atoms with Crippen LogP contribution in [-0.2, 0) is 14.8 Å². The summed E-state index contributed by atoms with van der Waals surface area (Å²) in [5.74, 6) is 0.755. The van der Waals surface area contributed by atoms with Crippen LogP contribution in [0.4, 0.5) is 4.39 Å². The van der Waals surface area contributed by atoms with Crippen LogP contribution in [0.5, 0.6) is 0 Å². The van der Waals surface area contributed by atoms with Crippen molar-refractivity contribution in [2.24, 2.45) is 11.8 Å². The molecule has 2 aliphatic rings. The van der Waals surface area contributed by atoms with Gasteiger partial charge in [-0.2, -0.15) is 4.31 Å². The van der Waals surface area contributed by atoms with Gasteiger partial charge in [-0.3, -0.25) is 4.79 Å². The van der Waals surface area contributed by atoms with E-state index in [1.807, 2.05) is 11.8 Å². The Morgan fingerprint density at radius 3 is 2.18 bits per heavy atom. The Balaban J connectivity index is 1.60. The molecule has 2 aliphatic heterocycles. The largest absolute Gasteiger partial charge is 0.337 e. The SMILES string of the molecule is C[C@@H]1C[C@H](C)CN(C(=O)[C@@H](C)[NH+]2CCN(S(=O)(=O)c3ccc(F)cc3)CC2)C1. The molecule has 0 spiro atoms. The average Bonchev–Trinajstić information content (AvgIpc) is 2.66. The highest BCUT2D eigenvalue weighted by atomic mass is 32.2. The molecule has 2 saturated heterocycles. The Bertz CT molecular complexity index is 781. The second kappa shape index (κ2) is 8.47. The number of amides is 1. The molecule has 3 rings (SSSR count). The average molecular weight is 413 g/mol. The predicted octanol–water partition coefficient (Wildman–Crippen LogP) is 0.608. The van der Waals surface area contributed by atoms with Gasteiger partial charge < -0.3 is 9.80 Å². The monoisotopic (exact) mass is 412 g/mol. The summed E-state index contributed by atoms with van der Waals surface area (Å²) in [5.41, 5.74) is 0. The number of sulfonamides is 1. The van der Waals surface area contributed by atoms with Crippen molar-refractivity contribution in [1.29, 1.82) is 0 Å². The highest BCUT2D eigenvalue weighted by molar-refractivity contribution is 7.89. The van der Waals surface area contributed by atoms with Crippen LogP contribution < -0.4 is 4.90 Å². The molecule has 6 nitrogen and oxygen atoms in total. The third-order valence-electron chi connectivity index (χ3n) is 5.98. The van der Waals surface area contributed by atoms with Crippen LogP contribution in [0.25, 0.3) is 0 Å². The molecule has 2 fully saturated rings.